The molecule has 2 aromatic heterocycles. The average Bonchev–Trinajstić information content (AvgIpc) is 3.10. The van der Waals surface area contributed by atoms with Crippen LogP contribution in [0.3, 0.4) is 0 Å². The van der Waals surface area contributed by atoms with Crippen LogP contribution in [0.5, 0.6) is 5.75 Å². The van der Waals surface area contributed by atoms with Crippen LogP contribution >= 0.6 is 11.8 Å². The number of amides is 1. The number of rotatable bonds is 6. The molecule has 11 heteroatoms. The highest BCUT2D eigenvalue weighted by Crippen LogP contribution is 2.28. The van der Waals surface area contributed by atoms with Gasteiger partial charge in [0, 0.05) is 16.6 Å². The van der Waals surface area contributed by atoms with Crippen molar-refractivity contribution >= 4 is 45.4 Å². The zero-order valence-corrected chi connectivity index (χ0v) is 16.9. The lowest BCUT2D eigenvalue weighted by Crippen LogP contribution is -2.25. The van der Waals surface area contributed by atoms with Crippen LogP contribution in [0.15, 0.2) is 53.7 Å². The van der Waals surface area contributed by atoms with Crippen molar-refractivity contribution in [3.63, 3.8) is 0 Å². The second kappa shape index (κ2) is 8.42. The molecule has 0 fully saturated rings. The third kappa shape index (κ3) is 4.88. The van der Waals surface area contributed by atoms with E-state index >= 15 is 0 Å². The predicted octanol–water partition coefficient (Wildman–Crippen LogP) is 4.91. The number of benzene rings is 2. The van der Waals surface area contributed by atoms with E-state index in [2.05, 4.69) is 30.2 Å². The minimum Gasteiger partial charge on any atom is -0.406 e. The number of fused-ring (bicyclic) bond motifs is 3. The molecule has 0 spiro atoms. The molecule has 1 amide bonds. The highest BCUT2D eigenvalue weighted by molar-refractivity contribution is 8.00. The van der Waals surface area contributed by atoms with Crippen molar-refractivity contribution < 1.29 is 22.7 Å². The van der Waals surface area contributed by atoms with Crippen molar-refractivity contribution in [3.05, 3.63) is 48.5 Å². The number of hydrogen-bond donors (Lipinski definition) is 2. The van der Waals surface area contributed by atoms with Crippen LogP contribution in [0, 0.1) is 0 Å². The number of alkyl halides is 3. The van der Waals surface area contributed by atoms with Crippen molar-refractivity contribution in [1.29, 1.82) is 0 Å². The number of carbonyl (C=O) groups is 1. The summed E-state index contributed by atoms with van der Waals surface area (Å²) in [7, 11) is 0. The fourth-order valence-electron chi connectivity index (χ4n) is 2.97. The predicted molar refractivity (Wildman–Crippen MR) is 111 cm³/mol. The molecule has 0 aliphatic rings. The Morgan fingerprint density at radius 1 is 1.16 bits per heavy atom. The Morgan fingerprint density at radius 3 is 2.61 bits per heavy atom. The summed E-state index contributed by atoms with van der Waals surface area (Å²) in [5.41, 5.74) is 2.47. The lowest BCUT2D eigenvalue weighted by Gasteiger charge is -2.14. The number of nitrogens with one attached hydrogen (secondary N) is 2. The van der Waals surface area contributed by atoms with Crippen LogP contribution in [0.2, 0.25) is 0 Å². The topological polar surface area (TPSA) is 92.8 Å². The third-order valence-electron chi connectivity index (χ3n) is 4.37. The van der Waals surface area contributed by atoms with Gasteiger partial charge in [-0.3, -0.25) is 4.79 Å². The van der Waals surface area contributed by atoms with Crippen LogP contribution < -0.4 is 10.1 Å². The fraction of sp³-hybridized carbons (Fsp3) is 0.200. The molecule has 0 saturated carbocycles. The monoisotopic (exact) mass is 447 g/mol. The van der Waals surface area contributed by atoms with E-state index in [1.165, 1.54) is 12.1 Å². The summed E-state index contributed by atoms with van der Waals surface area (Å²) in [5.74, 6) is -0.685. The average molecular weight is 447 g/mol. The third-order valence-corrected chi connectivity index (χ3v) is 5.58. The van der Waals surface area contributed by atoms with E-state index in [1.54, 1.807) is 0 Å². The van der Waals surface area contributed by atoms with Crippen LogP contribution in [0.4, 0.5) is 18.9 Å². The molecule has 160 valence electrons. The summed E-state index contributed by atoms with van der Waals surface area (Å²) in [5, 5.41) is 11.8. The molecule has 31 heavy (non-hydrogen) atoms. The number of aromatic nitrogens is 4. The number of ether oxygens (including phenoxy) is 1. The molecular weight excluding hydrogens is 431 g/mol. The van der Waals surface area contributed by atoms with Crippen LogP contribution in [-0.4, -0.2) is 37.7 Å². The van der Waals surface area contributed by atoms with E-state index in [4.69, 9.17) is 0 Å². The smallest absolute Gasteiger partial charge is 0.406 e. The van der Waals surface area contributed by atoms with Gasteiger partial charge in [-0.15, -0.1) is 23.4 Å². The number of H-pyrrole nitrogens is 1. The van der Waals surface area contributed by atoms with Gasteiger partial charge < -0.3 is 15.0 Å². The van der Waals surface area contributed by atoms with E-state index in [1.807, 2.05) is 31.2 Å². The van der Waals surface area contributed by atoms with Crippen molar-refractivity contribution in [2.45, 2.75) is 30.1 Å². The van der Waals surface area contributed by atoms with Gasteiger partial charge in [0.05, 0.1) is 5.25 Å². The largest absolute Gasteiger partial charge is 0.573 e. The molecule has 0 radical (unpaired) electrons. The molecular formula is C20H16F3N5O2S. The summed E-state index contributed by atoms with van der Waals surface area (Å²) in [6, 6.07) is 12.6. The number of anilines is 1. The van der Waals surface area contributed by atoms with Gasteiger partial charge in [-0.2, -0.15) is 0 Å². The maximum Gasteiger partial charge on any atom is 0.573 e. The second-order valence-corrected chi connectivity index (χ2v) is 7.71. The van der Waals surface area contributed by atoms with Gasteiger partial charge in [0.25, 0.3) is 0 Å². The van der Waals surface area contributed by atoms with Crippen molar-refractivity contribution in [2.24, 2.45) is 0 Å². The number of carbonyl (C=O) groups excluding carboxylic acids is 1. The number of aromatic amines is 1. The van der Waals surface area contributed by atoms with Gasteiger partial charge in [-0.05, 0) is 36.8 Å². The molecule has 2 aromatic carbocycles. The maximum absolute atomic E-state index is 12.6. The van der Waals surface area contributed by atoms with E-state index in [0.29, 0.717) is 28.4 Å². The summed E-state index contributed by atoms with van der Waals surface area (Å²) < 4.78 is 40.6. The van der Waals surface area contributed by atoms with Crippen molar-refractivity contribution in [2.75, 3.05) is 5.32 Å². The Labute approximate surface area is 178 Å². The first kappa shape index (κ1) is 20.9. The number of halogens is 3. The molecule has 0 aliphatic heterocycles. The standard InChI is InChI=1S/C20H16F3N5O2S/c1-2-15(18(29)24-11-7-9-12(10-8-11)30-20(21,22)23)31-19-26-17-16(27-28-19)13-5-3-4-6-14(13)25-17/h3-10,15H,2H2,1H3,(H,24,29)(H,25,26,28). The molecule has 2 N–H and O–H groups in total. The number of hydrogen-bond acceptors (Lipinski definition) is 6. The first-order valence-corrected chi connectivity index (χ1v) is 10.1. The Hall–Kier alpha value is -3.34. The Morgan fingerprint density at radius 2 is 1.90 bits per heavy atom. The van der Waals surface area contributed by atoms with E-state index in [-0.39, 0.29) is 11.7 Å². The maximum atomic E-state index is 12.6. The Kier molecular flexibility index (Phi) is 5.68. The first-order chi connectivity index (χ1) is 14.8. The highest BCUT2D eigenvalue weighted by Gasteiger charge is 2.31. The molecule has 1 unspecified atom stereocenters. The first-order valence-electron chi connectivity index (χ1n) is 9.27. The van der Waals surface area contributed by atoms with E-state index in [9.17, 15) is 18.0 Å². The van der Waals surface area contributed by atoms with E-state index in [0.717, 1.165) is 34.8 Å². The van der Waals surface area contributed by atoms with Crippen LogP contribution in [-0.2, 0) is 4.79 Å². The SMILES string of the molecule is CCC(Sc1nnc2c(n1)[nH]c1ccccc12)C(=O)Nc1ccc(OC(F)(F)F)cc1. The fourth-order valence-corrected chi connectivity index (χ4v) is 3.79. The molecule has 4 aromatic rings. The van der Waals surface area contributed by atoms with Crippen LogP contribution in [0.25, 0.3) is 22.1 Å². The van der Waals surface area contributed by atoms with Gasteiger partial charge in [-0.1, -0.05) is 36.9 Å². The highest BCUT2D eigenvalue weighted by atomic mass is 32.2. The molecule has 2 heterocycles. The zero-order valence-electron chi connectivity index (χ0n) is 16.1. The van der Waals surface area contributed by atoms with Gasteiger partial charge >= 0.3 is 6.36 Å². The lowest BCUT2D eigenvalue weighted by molar-refractivity contribution is -0.274. The molecule has 7 nitrogen and oxygen atoms in total. The number of nitrogens with zero attached hydrogens (tertiary/aromatic N) is 3. The van der Waals surface area contributed by atoms with E-state index < -0.39 is 11.6 Å². The van der Waals surface area contributed by atoms with Crippen molar-refractivity contribution in [1.82, 2.24) is 20.2 Å². The van der Waals surface area contributed by atoms with Gasteiger partial charge in [0.2, 0.25) is 11.1 Å². The molecule has 1 atom stereocenters. The summed E-state index contributed by atoms with van der Waals surface area (Å²) >= 11 is 1.16. The summed E-state index contributed by atoms with van der Waals surface area (Å²) in [4.78, 5) is 20.3. The normalized spacial score (nSPS) is 12.8. The van der Waals surface area contributed by atoms with Crippen molar-refractivity contribution in [3.8, 4) is 5.75 Å². The van der Waals surface area contributed by atoms with Gasteiger partial charge in [0.15, 0.2) is 5.65 Å². The second-order valence-electron chi connectivity index (χ2n) is 6.54. The van der Waals surface area contributed by atoms with Crippen LogP contribution in [0.1, 0.15) is 13.3 Å². The number of thioether (sulfide) groups is 1. The minimum absolute atomic E-state index is 0.322. The molecule has 4 rings (SSSR count). The zero-order chi connectivity index (χ0) is 22.0. The summed E-state index contributed by atoms with van der Waals surface area (Å²) in [6.45, 7) is 1.84. The Bertz CT molecular complexity index is 1230. The lowest BCUT2D eigenvalue weighted by atomic mass is 10.2. The van der Waals surface area contributed by atoms with Gasteiger partial charge in [-0.25, -0.2) is 4.98 Å². The minimum atomic E-state index is -4.77. The Balaban J connectivity index is 1.46. The number of para-hydroxylation sites is 1. The summed E-state index contributed by atoms with van der Waals surface area (Å²) in [6.07, 6.45) is -4.28. The quantitative estimate of drug-likeness (QED) is 0.408. The van der Waals surface area contributed by atoms with Gasteiger partial charge in [0.1, 0.15) is 11.3 Å². The molecule has 0 bridgehead atoms. The molecule has 0 aliphatic carbocycles. The molecule has 0 saturated heterocycles.